The molecule has 0 aromatic carbocycles. The summed E-state index contributed by atoms with van der Waals surface area (Å²) in [6, 6.07) is 0. The molecule has 1 aliphatic rings. The summed E-state index contributed by atoms with van der Waals surface area (Å²) in [6.45, 7) is 0. The highest BCUT2D eigenvalue weighted by molar-refractivity contribution is 5.91. The van der Waals surface area contributed by atoms with Gasteiger partial charge in [-0.3, -0.25) is 0 Å². The minimum atomic E-state index is 1.37. The number of anilines is 2. The molecule has 1 aliphatic heterocycles. The van der Waals surface area contributed by atoms with E-state index < -0.39 is 0 Å². The fourth-order valence-electron chi connectivity index (χ4n) is 1.01. The minimum Gasteiger partial charge on any atom is -0.353 e. The molecule has 2 nitrogen and oxygen atoms in total. The first-order chi connectivity index (χ1) is 3.79. The second-order valence-electron chi connectivity index (χ2n) is 2.25. The Morgan fingerprint density at radius 2 is 1.62 bits per heavy atom. The molecule has 2 heterocycles. The van der Waals surface area contributed by atoms with Gasteiger partial charge in [0.05, 0.1) is 11.4 Å². The molecule has 8 heavy (non-hydrogen) atoms. The average Bonchev–Trinajstić information content (AvgIpc) is 2.29. The third kappa shape index (κ3) is 0.290. The lowest BCUT2D eigenvalue weighted by Gasteiger charge is -1.93. The van der Waals surface area contributed by atoms with E-state index in [1.807, 2.05) is 7.05 Å². The predicted molar refractivity (Wildman–Crippen MR) is 33.5 cm³/mol. The number of hydrogen-bond acceptors (Lipinski definition) is 1. The lowest BCUT2D eigenvalue weighted by Crippen LogP contribution is -1.90. The van der Waals surface area contributed by atoms with Gasteiger partial charge in [-0.25, -0.2) is 0 Å². The van der Waals surface area contributed by atoms with Crippen LogP contribution in [0, 0.1) is 0 Å². The van der Waals surface area contributed by atoms with Crippen LogP contribution in [0.15, 0.2) is 12.4 Å². The maximum Gasteiger partial charge on any atom is 0.0830 e. The molecule has 0 atom stereocenters. The van der Waals surface area contributed by atoms with Crippen LogP contribution in [0.3, 0.4) is 0 Å². The van der Waals surface area contributed by atoms with Crippen molar-refractivity contribution in [3.63, 3.8) is 0 Å². The normalized spacial score (nSPS) is 14.0. The third-order valence-corrected chi connectivity index (χ3v) is 1.59. The van der Waals surface area contributed by atoms with Gasteiger partial charge in [-0.2, -0.15) is 0 Å². The Labute approximate surface area is 48.3 Å². The number of fused-ring (bicyclic) bond motifs is 1. The smallest absolute Gasteiger partial charge is 0.0830 e. The molecule has 0 saturated heterocycles. The van der Waals surface area contributed by atoms with E-state index in [1.165, 1.54) is 11.4 Å². The first-order valence-electron chi connectivity index (χ1n) is 2.69. The Kier molecular flexibility index (Phi) is 0.460. The van der Waals surface area contributed by atoms with Crippen LogP contribution >= 0.6 is 0 Å². The van der Waals surface area contributed by atoms with Crippen molar-refractivity contribution in [2.24, 2.45) is 7.05 Å². The van der Waals surface area contributed by atoms with Crippen molar-refractivity contribution in [2.45, 2.75) is 0 Å². The van der Waals surface area contributed by atoms with E-state index in [-0.39, 0.29) is 0 Å². The maximum absolute atomic E-state index is 2.17. The van der Waals surface area contributed by atoms with E-state index in [0.717, 1.165) is 0 Å². The second kappa shape index (κ2) is 0.917. The van der Waals surface area contributed by atoms with E-state index >= 15 is 0 Å². The molecule has 0 unspecified atom stereocenters. The molecule has 0 aliphatic carbocycles. The number of nitrogens with zero attached hydrogens (tertiary/aromatic N) is 2. The highest BCUT2D eigenvalue weighted by atomic mass is 15.3. The molecule has 2 rings (SSSR count). The van der Waals surface area contributed by atoms with Crippen molar-refractivity contribution in [3.8, 4) is 0 Å². The van der Waals surface area contributed by atoms with Crippen molar-refractivity contribution < 1.29 is 0 Å². The molecule has 0 radical (unpaired) electrons. The molecular formula is C6H8N2. The van der Waals surface area contributed by atoms with E-state index in [1.54, 1.807) is 0 Å². The molecule has 0 bridgehead atoms. The predicted octanol–water partition coefficient (Wildman–Crippen LogP) is 1.11. The van der Waals surface area contributed by atoms with Crippen LogP contribution in [0.4, 0.5) is 11.4 Å². The van der Waals surface area contributed by atoms with Crippen LogP contribution in [0.2, 0.25) is 0 Å². The number of aromatic nitrogens is 1. The third-order valence-electron chi connectivity index (χ3n) is 1.59. The minimum absolute atomic E-state index is 1.37. The highest BCUT2D eigenvalue weighted by Crippen LogP contribution is 2.46. The van der Waals surface area contributed by atoms with E-state index in [0.29, 0.717) is 0 Å². The van der Waals surface area contributed by atoms with Crippen molar-refractivity contribution >= 4 is 11.4 Å². The zero-order valence-corrected chi connectivity index (χ0v) is 5.05. The molecule has 0 N–H and O–H groups in total. The summed E-state index contributed by atoms with van der Waals surface area (Å²) in [5, 5.41) is 0. The fourth-order valence-corrected chi connectivity index (χ4v) is 1.01. The molecule has 1 aromatic heterocycles. The zero-order valence-electron chi connectivity index (χ0n) is 5.05. The van der Waals surface area contributed by atoms with E-state index in [9.17, 15) is 0 Å². The fraction of sp³-hybridized carbons (Fsp3) is 0.333. The standard InChI is InChI=1S/C6H8N2/c1-7-3-5-6(4-7)8(5)2/h3-4H,1-2H3. The van der Waals surface area contributed by atoms with Gasteiger partial charge < -0.3 is 9.47 Å². The van der Waals surface area contributed by atoms with Crippen molar-refractivity contribution in [2.75, 3.05) is 11.9 Å². The summed E-state index contributed by atoms with van der Waals surface area (Å²) in [6.07, 6.45) is 4.24. The Morgan fingerprint density at radius 1 is 1.12 bits per heavy atom. The molecular weight excluding hydrogens is 100 g/mol. The van der Waals surface area contributed by atoms with Gasteiger partial charge in [-0.15, -0.1) is 0 Å². The van der Waals surface area contributed by atoms with Crippen molar-refractivity contribution in [1.82, 2.24) is 4.57 Å². The lowest BCUT2D eigenvalue weighted by molar-refractivity contribution is 0.918. The first-order valence-corrected chi connectivity index (χ1v) is 2.69. The summed E-state index contributed by atoms with van der Waals surface area (Å²) < 4.78 is 2.07. The maximum atomic E-state index is 2.17. The van der Waals surface area contributed by atoms with Gasteiger partial charge in [-0.05, 0) is 0 Å². The zero-order chi connectivity index (χ0) is 5.72. The summed E-state index contributed by atoms with van der Waals surface area (Å²) >= 11 is 0. The SMILES string of the molecule is CN1c2cn(C)cc21. The summed E-state index contributed by atoms with van der Waals surface area (Å²) in [5.74, 6) is 0. The topological polar surface area (TPSA) is 7.94 Å². The average molecular weight is 108 g/mol. The van der Waals surface area contributed by atoms with Gasteiger partial charge in [0, 0.05) is 26.5 Å². The molecule has 1 aromatic rings. The molecule has 2 heteroatoms. The summed E-state index contributed by atoms with van der Waals surface area (Å²) in [4.78, 5) is 2.17. The van der Waals surface area contributed by atoms with Crippen LogP contribution < -0.4 is 4.90 Å². The highest BCUT2D eigenvalue weighted by Gasteiger charge is 2.25. The van der Waals surface area contributed by atoms with Crippen LogP contribution in [-0.4, -0.2) is 11.6 Å². The summed E-state index contributed by atoms with van der Waals surface area (Å²) in [7, 11) is 4.12. The summed E-state index contributed by atoms with van der Waals surface area (Å²) in [5.41, 5.74) is 2.74. The van der Waals surface area contributed by atoms with Gasteiger partial charge in [-0.1, -0.05) is 0 Å². The van der Waals surface area contributed by atoms with Gasteiger partial charge in [0.2, 0.25) is 0 Å². The van der Waals surface area contributed by atoms with Gasteiger partial charge in [0.15, 0.2) is 0 Å². The van der Waals surface area contributed by atoms with Crippen LogP contribution in [0.5, 0.6) is 0 Å². The van der Waals surface area contributed by atoms with Crippen molar-refractivity contribution in [3.05, 3.63) is 12.4 Å². The Morgan fingerprint density at radius 3 is 2.00 bits per heavy atom. The Balaban J connectivity index is 2.52. The molecule has 0 spiro atoms. The van der Waals surface area contributed by atoms with Crippen LogP contribution in [0.1, 0.15) is 0 Å². The van der Waals surface area contributed by atoms with E-state index in [4.69, 9.17) is 0 Å². The van der Waals surface area contributed by atoms with Crippen LogP contribution in [-0.2, 0) is 7.05 Å². The van der Waals surface area contributed by atoms with Crippen LogP contribution in [0.25, 0.3) is 0 Å². The molecule has 42 valence electrons. The largest absolute Gasteiger partial charge is 0.353 e. The van der Waals surface area contributed by atoms with E-state index in [2.05, 4.69) is 28.9 Å². The number of aryl methyl sites for hydroxylation is 1. The molecule has 0 fully saturated rings. The number of rotatable bonds is 0. The van der Waals surface area contributed by atoms with Gasteiger partial charge >= 0.3 is 0 Å². The Hall–Kier alpha value is -0.920. The number of hydrogen-bond donors (Lipinski definition) is 0. The lowest BCUT2D eigenvalue weighted by atomic mass is 10.7. The monoisotopic (exact) mass is 108 g/mol. The van der Waals surface area contributed by atoms with Gasteiger partial charge in [0.1, 0.15) is 0 Å². The van der Waals surface area contributed by atoms with Gasteiger partial charge in [0.25, 0.3) is 0 Å². The first kappa shape index (κ1) is 4.01. The second-order valence-corrected chi connectivity index (χ2v) is 2.25. The Bertz CT molecular complexity index is 203. The quantitative estimate of drug-likeness (QED) is 0.452. The van der Waals surface area contributed by atoms with Crippen molar-refractivity contribution in [1.29, 1.82) is 0 Å². The molecule has 0 amide bonds. The molecule has 0 saturated carbocycles.